The van der Waals surface area contributed by atoms with E-state index in [-0.39, 0.29) is 5.82 Å². The van der Waals surface area contributed by atoms with Gasteiger partial charge in [0.1, 0.15) is 17.8 Å². The van der Waals surface area contributed by atoms with Crippen molar-refractivity contribution in [2.75, 3.05) is 23.3 Å². The summed E-state index contributed by atoms with van der Waals surface area (Å²) in [4.78, 5) is 6.91. The van der Waals surface area contributed by atoms with Crippen LogP contribution in [-0.2, 0) is 4.74 Å². The van der Waals surface area contributed by atoms with Crippen LogP contribution in [0, 0.1) is 19.7 Å². The number of ether oxygens (including phenoxy) is 1. The number of piperidine rings is 1. The molecule has 0 spiro atoms. The summed E-state index contributed by atoms with van der Waals surface area (Å²) in [6.07, 6.45) is 3.04. The Balaban J connectivity index is 1.49. The normalized spacial score (nSPS) is 21.7. The van der Waals surface area contributed by atoms with Crippen LogP contribution in [0.4, 0.5) is 16.0 Å². The molecule has 1 aromatic carbocycles. The molecule has 3 N–H and O–H groups in total. The van der Waals surface area contributed by atoms with Gasteiger partial charge in [-0.2, -0.15) is 5.10 Å². The van der Waals surface area contributed by atoms with E-state index in [0.717, 1.165) is 52.9 Å². The van der Waals surface area contributed by atoms with Crippen LogP contribution in [0.15, 0.2) is 30.5 Å². The lowest BCUT2D eigenvalue weighted by Gasteiger charge is -2.47. The maximum atomic E-state index is 13.4. The summed E-state index contributed by atoms with van der Waals surface area (Å²) >= 11 is 0. The van der Waals surface area contributed by atoms with E-state index in [4.69, 9.17) is 10.5 Å². The largest absolute Gasteiger partial charge is 0.371 e. The van der Waals surface area contributed by atoms with E-state index in [1.807, 2.05) is 26.1 Å². The number of morpholine rings is 1. The zero-order valence-electron chi connectivity index (χ0n) is 16.4. The molecule has 0 saturated carbocycles. The van der Waals surface area contributed by atoms with Crippen LogP contribution in [0.3, 0.4) is 0 Å². The number of nitrogens with two attached hydrogens (primary N) is 1. The molecule has 3 fully saturated rings. The molecule has 2 bridgehead atoms. The first-order valence-corrected chi connectivity index (χ1v) is 9.79. The van der Waals surface area contributed by atoms with Gasteiger partial charge in [0.25, 0.3) is 0 Å². The monoisotopic (exact) mass is 394 g/mol. The van der Waals surface area contributed by atoms with E-state index in [0.29, 0.717) is 18.0 Å². The molecule has 5 heterocycles. The molecule has 7 nitrogen and oxygen atoms in total. The highest BCUT2D eigenvalue weighted by Crippen LogP contribution is 2.33. The van der Waals surface area contributed by atoms with E-state index < -0.39 is 6.17 Å². The number of fused-ring (bicyclic) bond motifs is 3. The number of hydrogen-bond acceptors (Lipinski definition) is 7. The molecule has 2 aromatic heterocycles. The molecule has 8 heteroatoms. The predicted octanol–water partition coefficient (Wildman–Crippen LogP) is 2.83. The van der Waals surface area contributed by atoms with Gasteiger partial charge in [-0.1, -0.05) is 6.07 Å². The quantitative estimate of drug-likeness (QED) is 0.658. The van der Waals surface area contributed by atoms with Crippen molar-refractivity contribution in [2.24, 2.45) is 5.73 Å². The number of aromatic nitrogens is 3. The van der Waals surface area contributed by atoms with E-state index in [1.165, 1.54) is 12.1 Å². The third-order valence-corrected chi connectivity index (χ3v) is 5.78. The van der Waals surface area contributed by atoms with E-state index in [2.05, 4.69) is 25.4 Å². The van der Waals surface area contributed by atoms with Gasteiger partial charge in [-0.3, -0.25) is 0 Å². The Hall–Kier alpha value is -2.84. The van der Waals surface area contributed by atoms with Crippen molar-refractivity contribution in [1.29, 1.82) is 0 Å². The summed E-state index contributed by atoms with van der Waals surface area (Å²) < 4.78 is 19.2. The Bertz CT molecular complexity index is 1070. The molecule has 29 heavy (non-hydrogen) atoms. The van der Waals surface area contributed by atoms with Gasteiger partial charge in [0.15, 0.2) is 5.82 Å². The maximum Gasteiger partial charge on any atom is 0.158 e. The Labute approximate surface area is 168 Å². The number of aryl methyl sites for hydroxylation is 2. The Kier molecular flexibility index (Phi) is 4.33. The Morgan fingerprint density at radius 2 is 1.93 bits per heavy atom. The average molecular weight is 394 g/mol. The molecule has 6 rings (SSSR count). The number of anilines is 2. The molecule has 3 atom stereocenters. The number of hydrogen-bond donors (Lipinski definition) is 2. The third-order valence-electron chi connectivity index (χ3n) is 5.78. The lowest BCUT2D eigenvalue weighted by atomic mass is 9.99. The van der Waals surface area contributed by atoms with Gasteiger partial charge in [-0.05, 0) is 43.2 Å². The van der Waals surface area contributed by atoms with Crippen LogP contribution >= 0.6 is 0 Å². The van der Waals surface area contributed by atoms with Crippen LogP contribution in [0.1, 0.15) is 29.4 Å². The van der Waals surface area contributed by atoms with Crippen molar-refractivity contribution < 1.29 is 9.13 Å². The van der Waals surface area contributed by atoms with Gasteiger partial charge in [0.2, 0.25) is 0 Å². The van der Waals surface area contributed by atoms with Crippen molar-refractivity contribution in [1.82, 2.24) is 15.2 Å². The SMILES string of the molecule is Cc1cc(F)ccc1[C@@H](N)Nc1nnc(C)c2cnc(N3CC4CC(C3)O4)cc12. The smallest absolute Gasteiger partial charge is 0.158 e. The second kappa shape index (κ2) is 6.89. The highest BCUT2D eigenvalue weighted by Gasteiger charge is 2.38. The maximum absolute atomic E-state index is 13.4. The molecular weight excluding hydrogens is 371 g/mol. The fourth-order valence-electron chi connectivity index (χ4n) is 4.20. The molecule has 0 aliphatic carbocycles. The average Bonchev–Trinajstić information content (AvgIpc) is 2.69. The minimum absolute atomic E-state index is 0.279. The fourth-order valence-corrected chi connectivity index (χ4v) is 4.20. The van der Waals surface area contributed by atoms with Crippen molar-refractivity contribution >= 4 is 22.4 Å². The van der Waals surface area contributed by atoms with Gasteiger partial charge in [-0.25, -0.2) is 9.37 Å². The van der Waals surface area contributed by atoms with E-state index >= 15 is 0 Å². The van der Waals surface area contributed by atoms with Gasteiger partial charge in [0.05, 0.1) is 17.9 Å². The predicted molar refractivity (Wildman–Crippen MR) is 109 cm³/mol. The molecule has 0 amide bonds. The first-order chi connectivity index (χ1) is 14.0. The van der Waals surface area contributed by atoms with Crippen LogP contribution in [0.2, 0.25) is 0 Å². The van der Waals surface area contributed by atoms with Crippen molar-refractivity contribution in [2.45, 2.75) is 38.6 Å². The fraction of sp³-hybridized carbons (Fsp3) is 0.381. The van der Waals surface area contributed by atoms with Crippen molar-refractivity contribution in [3.8, 4) is 0 Å². The first-order valence-electron chi connectivity index (χ1n) is 9.79. The summed E-state index contributed by atoms with van der Waals surface area (Å²) in [5.74, 6) is 1.21. The summed E-state index contributed by atoms with van der Waals surface area (Å²) in [5.41, 5.74) is 8.77. The summed E-state index contributed by atoms with van der Waals surface area (Å²) in [6, 6.07) is 6.61. The molecule has 3 aromatic rings. The molecule has 150 valence electrons. The molecule has 3 aliphatic heterocycles. The van der Waals surface area contributed by atoms with Crippen LogP contribution in [0.25, 0.3) is 10.8 Å². The lowest BCUT2D eigenvalue weighted by Crippen LogP contribution is -2.57. The molecule has 0 radical (unpaired) electrons. The minimum atomic E-state index is -0.538. The van der Waals surface area contributed by atoms with Gasteiger partial charge in [-0.15, -0.1) is 5.10 Å². The summed E-state index contributed by atoms with van der Waals surface area (Å²) in [7, 11) is 0. The molecule has 3 aliphatic rings. The number of nitrogens with zero attached hydrogens (tertiary/aromatic N) is 4. The van der Waals surface area contributed by atoms with E-state index in [1.54, 1.807) is 6.07 Å². The van der Waals surface area contributed by atoms with Crippen molar-refractivity contribution in [3.63, 3.8) is 0 Å². The van der Waals surface area contributed by atoms with Crippen LogP contribution < -0.4 is 16.0 Å². The number of benzene rings is 1. The van der Waals surface area contributed by atoms with E-state index in [9.17, 15) is 4.39 Å². The van der Waals surface area contributed by atoms with Crippen LogP contribution in [-0.4, -0.2) is 40.5 Å². The van der Waals surface area contributed by atoms with Gasteiger partial charge in [0, 0.05) is 36.5 Å². The first kappa shape index (κ1) is 18.2. The van der Waals surface area contributed by atoms with Crippen molar-refractivity contribution in [3.05, 3.63) is 53.1 Å². The second-order valence-corrected chi connectivity index (χ2v) is 7.87. The summed E-state index contributed by atoms with van der Waals surface area (Å²) in [6.45, 7) is 5.45. The number of pyridine rings is 1. The topological polar surface area (TPSA) is 89.2 Å². The third kappa shape index (κ3) is 3.28. The highest BCUT2D eigenvalue weighted by molar-refractivity contribution is 5.94. The zero-order chi connectivity index (χ0) is 20.1. The Morgan fingerprint density at radius 3 is 2.66 bits per heavy atom. The molecule has 3 saturated heterocycles. The molecule has 2 unspecified atom stereocenters. The standard InChI is InChI=1S/C21H23FN6O/c1-11-5-13(22)3-4-16(11)20(23)25-21-17-7-19(24-8-18(17)12(2)26-27-21)28-9-14-6-15(10-28)29-14/h3-5,7-8,14-15,20H,6,9-10,23H2,1-2H3,(H,25,27)/t14?,15?,20-/m0/s1. The summed E-state index contributed by atoms with van der Waals surface area (Å²) in [5, 5.41) is 13.7. The lowest BCUT2D eigenvalue weighted by molar-refractivity contribution is -0.133. The van der Waals surface area contributed by atoms with Gasteiger partial charge < -0.3 is 20.7 Å². The highest BCUT2D eigenvalue weighted by atomic mass is 19.1. The zero-order valence-corrected chi connectivity index (χ0v) is 16.4. The molecular formula is C21H23FN6O. The van der Waals surface area contributed by atoms with Gasteiger partial charge >= 0.3 is 0 Å². The second-order valence-electron chi connectivity index (χ2n) is 7.87. The minimum Gasteiger partial charge on any atom is -0.371 e. The Morgan fingerprint density at radius 1 is 1.17 bits per heavy atom. The number of rotatable bonds is 4. The number of halogens is 1. The number of nitrogens with one attached hydrogen (secondary N) is 1. The van der Waals surface area contributed by atoms with Crippen LogP contribution in [0.5, 0.6) is 0 Å².